The van der Waals surface area contributed by atoms with Gasteiger partial charge in [0.05, 0.1) is 0 Å². The van der Waals surface area contributed by atoms with Crippen LogP contribution in [0.15, 0.2) is 24.3 Å². The Morgan fingerprint density at radius 3 is 2.57 bits per heavy atom. The first-order valence-corrected chi connectivity index (χ1v) is 8.27. The highest BCUT2D eigenvalue weighted by molar-refractivity contribution is 5.69. The Kier molecular flexibility index (Phi) is 4.00. The number of carbonyl (C=O) groups excluding carboxylic acids is 1. The van der Waals surface area contributed by atoms with Crippen LogP contribution in [-0.4, -0.2) is 40.8 Å². The average Bonchev–Trinajstić information content (AvgIpc) is 2.90. The lowest BCUT2D eigenvalue weighted by molar-refractivity contribution is 0.0268. The molecule has 0 aromatic heterocycles. The summed E-state index contributed by atoms with van der Waals surface area (Å²) in [6.45, 7) is 9.32. The fourth-order valence-electron chi connectivity index (χ4n) is 3.43. The quantitative estimate of drug-likeness (QED) is 0.899. The Morgan fingerprint density at radius 1 is 1.35 bits per heavy atom. The van der Waals surface area contributed by atoms with E-state index >= 15 is 0 Å². The van der Waals surface area contributed by atoms with Gasteiger partial charge >= 0.3 is 6.09 Å². The number of hydrogen-bond donors (Lipinski definition) is 2. The van der Waals surface area contributed by atoms with E-state index in [0.29, 0.717) is 23.6 Å². The number of nitrogens with one attached hydrogen (secondary N) is 1. The van der Waals surface area contributed by atoms with E-state index in [1.807, 2.05) is 37.8 Å². The molecule has 1 saturated carbocycles. The minimum absolute atomic E-state index is 0.188. The number of rotatable bonds is 3. The maximum atomic E-state index is 12.1. The van der Waals surface area contributed by atoms with Gasteiger partial charge in [0.15, 0.2) is 0 Å². The van der Waals surface area contributed by atoms with E-state index < -0.39 is 5.60 Å². The monoisotopic (exact) mass is 318 g/mol. The molecule has 3 atom stereocenters. The maximum absolute atomic E-state index is 12.1. The molecule has 1 aromatic rings. The summed E-state index contributed by atoms with van der Waals surface area (Å²) in [6.07, 6.45) is -0.204. The molecule has 3 unspecified atom stereocenters. The third-order valence-electron chi connectivity index (χ3n) is 4.66. The molecule has 2 N–H and O–H groups in total. The summed E-state index contributed by atoms with van der Waals surface area (Å²) >= 11 is 0. The normalized spacial score (nSPS) is 27.5. The van der Waals surface area contributed by atoms with E-state index in [9.17, 15) is 9.90 Å². The number of piperidine rings is 1. The number of carbonyl (C=O) groups is 1. The molecule has 2 fully saturated rings. The number of aromatic hydroxyl groups is 1. The van der Waals surface area contributed by atoms with Gasteiger partial charge in [0.2, 0.25) is 0 Å². The van der Waals surface area contributed by atoms with Crippen LogP contribution in [0.25, 0.3) is 0 Å². The summed E-state index contributed by atoms with van der Waals surface area (Å²) in [7, 11) is 0. The molecule has 3 rings (SSSR count). The van der Waals surface area contributed by atoms with Crippen molar-refractivity contribution in [2.75, 3.05) is 13.1 Å². The standard InChI is InChI=1S/C18H26N2O3/c1-11(12-6-5-7-13(21)8-12)19-16-14-9-20(10-15(14)16)17(22)23-18(2,3)4/h5-8,11,14-16,19,21H,9-10H2,1-4H3. The van der Waals surface area contributed by atoms with Crippen LogP contribution in [0.5, 0.6) is 5.75 Å². The predicted molar refractivity (Wildman–Crippen MR) is 88.2 cm³/mol. The summed E-state index contributed by atoms with van der Waals surface area (Å²) in [4.78, 5) is 13.9. The molecule has 1 heterocycles. The number of fused-ring (bicyclic) bond motifs is 1. The van der Waals surface area contributed by atoms with Crippen molar-refractivity contribution < 1.29 is 14.6 Å². The first-order valence-electron chi connectivity index (χ1n) is 8.27. The van der Waals surface area contributed by atoms with Crippen LogP contribution in [0.1, 0.15) is 39.3 Å². The van der Waals surface area contributed by atoms with E-state index in [2.05, 4.69) is 12.2 Å². The van der Waals surface area contributed by atoms with Gasteiger partial charge in [-0.05, 0) is 57.2 Å². The largest absolute Gasteiger partial charge is 0.508 e. The van der Waals surface area contributed by atoms with E-state index in [0.717, 1.165) is 18.7 Å². The van der Waals surface area contributed by atoms with Crippen molar-refractivity contribution in [1.82, 2.24) is 10.2 Å². The van der Waals surface area contributed by atoms with Crippen molar-refractivity contribution in [3.8, 4) is 5.75 Å². The minimum atomic E-state index is -0.439. The lowest BCUT2D eigenvalue weighted by atomic mass is 10.1. The second kappa shape index (κ2) is 5.71. The number of phenolic OH excluding ortho intramolecular Hbond substituents is 1. The molecular weight excluding hydrogens is 292 g/mol. The van der Waals surface area contributed by atoms with Crippen LogP contribution in [0, 0.1) is 11.8 Å². The summed E-state index contributed by atoms with van der Waals surface area (Å²) in [5.74, 6) is 1.33. The summed E-state index contributed by atoms with van der Waals surface area (Å²) in [5, 5.41) is 13.2. The highest BCUT2D eigenvalue weighted by Crippen LogP contribution is 2.46. The molecule has 1 aliphatic heterocycles. The number of ether oxygens (including phenoxy) is 1. The molecule has 1 saturated heterocycles. The van der Waals surface area contributed by atoms with E-state index in [1.165, 1.54) is 0 Å². The van der Waals surface area contributed by atoms with Crippen LogP contribution < -0.4 is 5.32 Å². The van der Waals surface area contributed by atoms with Gasteiger partial charge in [-0.1, -0.05) is 12.1 Å². The van der Waals surface area contributed by atoms with Gasteiger partial charge in [0.25, 0.3) is 0 Å². The van der Waals surface area contributed by atoms with Crippen molar-refractivity contribution in [1.29, 1.82) is 0 Å². The topological polar surface area (TPSA) is 61.8 Å². The van der Waals surface area contributed by atoms with Crippen LogP contribution in [-0.2, 0) is 4.74 Å². The number of amides is 1. The smallest absolute Gasteiger partial charge is 0.410 e. The molecular formula is C18H26N2O3. The lowest BCUT2D eigenvalue weighted by Crippen LogP contribution is -2.39. The number of nitrogens with zero attached hydrogens (tertiary/aromatic N) is 1. The predicted octanol–water partition coefficient (Wildman–Crippen LogP) is 2.91. The van der Waals surface area contributed by atoms with Crippen LogP contribution in [0.4, 0.5) is 4.79 Å². The Balaban J connectivity index is 1.50. The van der Waals surface area contributed by atoms with Crippen molar-refractivity contribution in [2.45, 2.75) is 45.4 Å². The highest BCUT2D eigenvalue weighted by Gasteiger charge is 2.57. The molecule has 1 aromatic carbocycles. The molecule has 126 valence electrons. The Hall–Kier alpha value is -1.75. The summed E-state index contributed by atoms with van der Waals surface area (Å²) < 4.78 is 5.43. The van der Waals surface area contributed by atoms with Gasteiger partial charge in [-0.2, -0.15) is 0 Å². The van der Waals surface area contributed by atoms with Crippen molar-refractivity contribution in [2.24, 2.45) is 11.8 Å². The molecule has 23 heavy (non-hydrogen) atoms. The van der Waals surface area contributed by atoms with Crippen LogP contribution in [0.2, 0.25) is 0 Å². The Bertz CT molecular complexity index is 584. The molecule has 0 spiro atoms. The summed E-state index contributed by atoms with van der Waals surface area (Å²) in [6, 6.07) is 7.99. The van der Waals surface area contributed by atoms with Gasteiger partial charge in [-0.3, -0.25) is 0 Å². The number of phenols is 1. The minimum Gasteiger partial charge on any atom is -0.508 e. The highest BCUT2D eigenvalue weighted by atomic mass is 16.6. The Labute approximate surface area is 137 Å². The molecule has 1 amide bonds. The van der Waals surface area contributed by atoms with Crippen molar-refractivity contribution >= 4 is 6.09 Å². The van der Waals surface area contributed by atoms with E-state index in [4.69, 9.17) is 4.74 Å². The van der Waals surface area contributed by atoms with Crippen molar-refractivity contribution in [3.63, 3.8) is 0 Å². The molecule has 1 aliphatic carbocycles. The first kappa shape index (κ1) is 16.1. The zero-order valence-electron chi connectivity index (χ0n) is 14.2. The summed E-state index contributed by atoms with van der Waals surface area (Å²) in [5.41, 5.74) is 0.643. The zero-order valence-corrected chi connectivity index (χ0v) is 14.2. The van der Waals surface area contributed by atoms with Gasteiger partial charge < -0.3 is 20.1 Å². The zero-order chi connectivity index (χ0) is 16.8. The number of likely N-dealkylation sites (tertiary alicyclic amines) is 1. The van der Waals surface area contributed by atoms with E-state index in [-0.39, 0.29) is 12.1 Å². The molecule has 5 nitrogen and oxygen atoms in total. The van der Waals surface area contributed by atoms with Gasteiger partial charge in [0.1, 0.15) is 11.4 Å². The van der Waals surface area contributed by atoms with Crippen LogP contribution >= 0.6 is 0 Å². The average molecular weight is 318 g/mol. The maximum Gasteiger partial charge on any atom is 0.410 e. The Morgan fingerprint density at radius 2 is 2.00 bits per heavy atom. The number of hydrogen-bond acceptors (Lipinski definition) is 4. The lowest BCUT2D eigenvalue weighted by Gasteiger charge is -2.26. The molecule has 5 heteroatoms. The second-order valence-corrected chi connectivity index (χ2v) is 7.72. The number of benzene rings is 1. The molecule has 0 radical (unpaired) electrons. The van der Waals surface area contributed by atoms with E-state index in [1.54, 1.807) is 12.1 Å². The fraction of sp³-hybridized carbons (Fsp3) is 0.611. The van der Waals surface area contributed by atoms with Crippen LogP contribution in [0.3, 0.4) is 0 Å². The second-order valence-electron chi connectivity index (χ2n) is 7.72. The fourth-order valence-corrected chi connectivity index (χ4v) is 3.43. The SMILES string of the molecule is CC(NC1C2CN(C(=O)OC(C)(C)C)CC21)c1cccc(O)c1. The van der Waals surface area contributed by atoms with Crippen molar-refractivity contribution in [3.05, 3.63) is 29.8 Å². The van der Waals surface area contributed by atoms with Gasteiger partial charge in [-0.25, -0.2) is 4.79 Å². The third-order valence-corrected chi connectivity index (χ3v) is 4.66. The van der Waals surface area contributed by atoms with Gasteiger partial charge in [-0.15, -0.1) is 0 Å². The third kappa shape index (κ3) is 3.61. The molecule has 0 bridgehead atoms. The molecule has 2 aliphatic rings. The van der Waals surface area contributed by atoms with Gasteiger partial charge in [0, 0.05) is 25.2 Å². The first-order chi connectivity index (χ1) is 10.7.